The third kappa shape index (κ3) is 5.95. The van der Waals surface area contributed by atoms with Crippen LogP contribution >= 0.6 is 11.6 Å². The lowest BCUT2D eigenvalue weighted by Gasteiger charge is -2.32. The summed E-state index contributed by atoms with van der Waals surface area (Å²) in [5.41, 5.74) is 0.834. The van der Waals surface area contributed by atoms with Gasteiger partial charge in [0.25, 0.3) is 11.6 Å². The summed E-state index contributed by atoms with van der Waals surface area (Å²) in [5, 5.41) is 17.5. The van der Waals surface area contributed by atoms with Crippen LogP contribution in [-0.4, -0.2) is 47.9 Å². The molecule has 0 aromatic heterocycles. The Balaban J connectivity index is 1.65. The lowest BCUT2D eigenvalue weighted by atomic mass is 10.0. The summed E-state index contributed by atoms with van der Waals surface area (Å²) >= 11 is 5.93. The predicted octanol–water partition coefficient (Wildman–Crippen LogP) is 3.61. The number of anilines is 1. The first-order valence-corrected chi connectivity index (χ1v) is 10.6. The fraction of sp³-hybridized carbons (Fsp3) is 0.364. The highest BCUT2D eigenvalue weighted by Gasteiger charge is 2.26. The molecule has 2 aromatic carbocycles. The molecule has 1 heterocycles. The molecule has 9 nitrogen and oxygen atoms in total. The number of carbonyl (C=O) groups excluding carboxylic acids is 2. The third-order valence-corrected chi connectivity index (χ3v) is 5.56. The van der Waals surface area contributed by atoms with Crippen LogP contribution in [0, 0.1) is 10.1 Å². The fourth-order valence-corrected chi connectivity index (χ4v) is 3.83. The van der Waals surface area contributed by atoms with Crippen molar-refractivity contribution in [2.45, 2.75) is 32.4 Å². The maximum atomic E-state index is 12.9. The first kappa shape index (κ1) is 23.5. The molecule has 0 radical (unpaired) electrons. The van der Waals surface area contributed by atoms with Crippen molar-refractivity contribution < 1.29 is 19.2 Å². The fourth-order valence-electron chi connectivity index (χ4n) is 3.70. The van der Waals surface area contributed by atoms with E-state index in [-0.39, 0.29) is 28.7 Å². The molecule has 2 amide bonds. The van der Waals surface area contributed by atoms with Crippen molar-refractivity contribution in [2.24, 2.45) is 0 Å². The number of piperidine rings is 1. The number of rotatable bonds is 7. The van der Waals surface area contributed by atoms with Crippen molar-refractivity contribution in [3.63, 3.8) is 0 Å². The van der Waals surface area contributed by atoms with Gasteiger partial charge in [-0.05, 0) is 30.5 Å². The molecule has 0 unspecified atom stereocenters. The molecule has 1 fully saturated rings. The van der Waals surface area contributed by atoms with Crippen LogP contribution in [0.2, 0.25) is 5.02 Å². The van der Waals surface area contributed by atoms with Crippen LogP contribution in [0.5, 0.6) is 5.75 Å². The molecule has 3 rings (SSSR count). The number of amides is 2. The van der Waals surface area contributed by atoms with Gasteiger partial charge in [-0.2, -0.15) is 0 Å². The number of methoxy groups -OCH3 is 1. The number of hydrogen-bond donors (Lipinski definition) is 2. The normalized spacial score (nSPS) is 14.6. The molecule has 2 aromatic rings. The van der Waals surface area contributed by atoms with Crippen molar-refractivity contribution in [2.75, 3.05) is 25.5 Å². The summed E-state index contributed by atoms with van der Waals surface area (Å²) < 4.78 is 5.25. The molecule has 0 spiro atoms. The SMILES string of the molecule is COc1cc(NC(C)=O)c([N+](=O)[O-])cc1C(=O)NC1CCN(Cc2ccc(Cl)cc2)CC1. The maximum absolute atomic E-state index is 12.9. The van der Waals surface area contributed by atoms with Gasteiger partial charge in [0, 0.05) is 49.8 Å². The first-order chi connectivity index (χ1) is 15.3. The van der Waals surface area contributed by atoms with Gasteiger partial charge in [0.05, 0.1) is 17.6 Å². The number of nitrogens with one attached hydrogen (secondary N) is 2. The second-order valence-corrected chi connectivity index (χ2v) is 8.09. The maximum Gasteiger partial charge on any atom is 0.293 e. The smallest absolute Gasteiger partial charge is 0.293 e. The van der Waals surface area contributed by atoms with E-state index in [0.717, 1.165) is 38.5 Å². The molecule has 1 saturated heterocycles. The number of hydrogen-bond acceptors (Lipinski definition) is 6. The van der Waals surface area contributed by atoms with Crippen LogP contribution in [0.15, 0.2) is 36.4 Å². The highest BCUT2D eigenvalue weighted by molar-refractivity contribution is 6.30. The number of nitrogens with zero attached hydrogens (tertiary/aromatic N) is 2. The van der Waals surface area contributed by atoms with E-state index in [1.807, 2.05) is 24.3 Å². The Morgan fingerprint density at radius 3 is 2.44 bits per heavy atom. The van der Waals surface area contributed by atoms with Crippen LogP contribution in [0.3, 0.4) is 0 Å². The molecular formula is C22H25ClN4O5. The Labute approximate surface area is 190 Å². The van der Waals surface area contributed by atoms with Crippen LogP contribution in [-0.2, 0) is 11.3 Å². The van der Waals surface area contributed by atoms with Crippen LogP contribution in [0.25, 0.3) is 0 Å². The minimum Gasteiger partial charge on any atom is -0.496 e. The van der Waals surface area contributed by atoms with Crippen LogP contribution in [0.4, 0.5) is 11.4 Å². The van der Waals surface area contributed by atoms with Gasteiger partial charge in [-0.25, -0.2) is 0 Å². The minimum absolute atomic E-state index is 0.0218. The van der Waals surface area contributed by atoms with E-state index >= 15 is 0 Å². The zero-order valence-electron chi connectivity index (χ0n) is 17.9. The lowest BCUT2D eigenvalue weighted by Crippen LogP contribution is -2.44. The monoisotopic (exact) mass is 460 g/mol. The molecule has 170 valence electrons. The molecule has 10 heteroatoms. The summed E-state index contributed by atoms with van der Waals surface area (Å²) in [6.07, 6.45) is 1.52. The zero-order chi connectivity index (χ0) is 23.3. The first-order valence-electron chi connectivity index (χ1n) is 10.2. The number of halogens is 1. The van der Waals surface area contributed by atoms with Crippen molar-refractivity contribution in [1.82, 2.24) is 10.2 Å². The molecule has 1 aliphatic rings. The van der Waals surface area contributed by atoms with Crippen LogP contribution < -0.4 is 15.4 Å². The second kappa shape index (κ2) is 10.4. The van der Waals surface area contributed by atoms with Crippen molar-refractivity contribution >= 4 is 34.8 Å². The predicted molar refractivity (Wildman–Crippen MR) is 121 cm³/mol. The number of nitro groups is 1. The van der Waals surface area contributed by atoms with Gasteiger partial charge in [0.15, 0.2) is 0 Å². The van der Waals surface area contributed by atoms with Gasteiger partial charge in [-0.3, -0.25) is 24.6 Å². The molecule has 0 atom stereocenters. The zero-order valence-corrected chi connectivity index (χ0v) is 18.6. The van der Waals surface area contributed by atoms with E-state index in [2.05, 4.69) is 15.5 Å². The van der Waals surface area contributed by atoms with Crippen molar-refractivity contribution in [1.29, 1.82) is 0 Å². The molecule has 32 heavy (non-hydrogen) atoms. The Bertz CT molecular complexity index is 1000. The summed E-state index contributed by atoms with van der Waals surface area (Å²) in [6, 6.07) is 10.1. The molecular weight excluding hydrogens is 436 g/mol. The van der Waals surface area contributed by atoms with E-state index in [1.165, 1.54) is 25.7 Å². The lowest BCUT2D eigenvalue weighted by molar-refractivity contribution is -0.384. The van der Waals surface area contributed by atoms with E-state index in [4.69, 9.17) is 16.3 Å². The summed E-state index contributed by atoms with van der Waals surface area (Å²) in [4.78, 5) is 37.3. The third-order valence-electron chi connectivity index (χ3n) is 5.31. The molecule has 2 N–H and O–H groups in total. The summed E-state index contributed by atoms with van der Waals surface area (Å²) in [7, 11) is 1.37. The van der Waals surface area contributed by atoms with Gasteiger partial charge >= 0.3 is 0 Å². The minimum atomic E-state index is -0.642. The number of benzene rings is 2. The van der Waals surface area contributed by atoms with Crippen molar-refractivity contribution in [3.8, 4) is 5.75 Å². The highest BCUT2D eigenvalue weighted by Crippen LogP contribution is 2.33. The highest BCUT2D eigenvalue weighted by atomic mass is 35.5. The molecule has 1 aliphatic heterocycles. The summed E-state index contributed by atoms with van der Waals surface area (Å²) in [5.74, 6) is -0.759. The molecule has 0 aliphatic carbocycles. The Kier molecular flexibility index (Phi) is 7.66. The Morgan fingerprint density at radius 1 is 1.22 bits per heavy atom. The second-order valence-electron chi connectivity index (χ2n) is 7.66. The summed E-state index contributed by atoms with van der Waals surface area (Å²) in [6.45, 7) is 3.68. The molecule has 0 saturated carbocycles. The van der Waals surface area contributed by atoms with E-state index in [1.54, 1.807) is 0 Å². The standard InChI is InChI=1S/C22H25ClN4O5/c1-14(28)24-19-12-21(32-2)18(11-20(19)27(30)31)22(29)25-17-7-9-26(10-8-17)13-15-3-5-16(23)6-4-15/h3-6,11-12,17H,7-10,13H2,1-2H3,(H,24,28)(H,25,29). The number of likely N-dealkylation sites (tertiary alicyclic amines) is 1. The average Bonchev–Trinajstić information content (AvgIpc) is 2.75. The molecule has 0 bridgehead atoms. The van der Waals surface area contributed by atoms with Crippen LogP contribution in [0.1, 0.15) is 35.7 Å². The Hall–Kier alpha value is -3.17. The quantitative estimate of drug-likeness (QED) is 0.482. The van der Waals surface area contributed by atoms with Gasteiger partial charge in [-0.1, -0.05) is 23.7 Å². The van der Waals surface area contributed by atoms with Gasteiger partial charge in [-0.15, -0.1) is 0 Å². The topological polar surface area (TPSA) is 114 Å². The van der Waals surface area contributed by atoms with Gasteiger partial charge in [0.2, 0.25) is 5.91 Å². The van der Waals surface area contributed by atoms with Crippen molar-refractivity contribution in [3.05, 3.63) is 62.7 Å². The Morgan fingerprint density at radius 2 is 1.88 bits per heavy atom. The largest absolute Gasteiger partial charge is 0.496 e. The number of nitro benzene ring substituents is 1. The number of ether oxygens (including phenoxy) is 1. The number of carbonyl (C=O) groups is 2. The van der Waals surface area contributed by atoms with E-state index in [0.29, 0.717) is 5.02 Å². The van der Waals surface area contributed by atoms with Gasteiger partial charge in [0.1, 0.15) is 11.4 Å². The van der Waals surface area contributed by atoms with Gasteiger partial charge < -0.3 is 15.4 Å². The van der Waals surface area contributed by atoms with E-state index < -0.39 is 16.7 Å². The van der Waals surface area contributed by atoms with E-state index in [9.17, 15) is 19.7 Å². The average molecular weight is 461 g/mol.